The molecule has 2 aliphatic heterocycles. The highest BCUT2D eigenvalue weighted by Gasteiger charge is 2.25. The van der Waals surface area contributed by atoms with E-state index in [2.05, 4.69) is 17.9 Å². The minimum absolute atomic E-state index is 0.916. The largest absolute Gasteiger partial charge is 0.299 e. The average molecular weight is 123 g/mol. The van der Waals surface area contributed by atoms with Crippen molar-refractivity contribution < 1.29 is 0 Å². The Morgan fingerprint density at radius 2 is 2.56 bits per heavy atom. The van der Waals surface area contributed by atoms with Gasteiger partial charge >= 0.3 is 0 Å². The predicted octanol–water partition coefficient (Wildman–Crippen LogP) is 1.27. The van der Waals surface area contributed by atoms with Crippen LogP contribution < -0.4 is 0 Å². The zero-order valence-electron chi connectivity index (χ0n) is 5.93. The van der Waals surface area contributed by atoms with E-state index in [0.29, 0.717) is 0 Å². The zero-order chi connectivity index (χ0) is 6.27. The maximum atomic E-state index is 2.53. The SMILES string of the molecule is CC1=CCN2CCC1C2. The molecule has 2 aliphatic rings. The second-order valence-electron chi connectivity index (χ2n) is 3.19. The van der Waals surface area contributed by atoms with Gasteiger partial charge in [0.25, 0.3) is 0 Å². The summed E-state index contributed by atoms with van der Waals surface area (Å²) >= 11 is 0. The van der Waals surface area contributed by atoms with Crippen molar-refractivity contribution in [3.05, 3.63) is 11.6 Å². The molecular formula is C8H13N. The van der Waals surface area contributed by atoms with E-state index in [0.717, 1.165) is 5.92 Å². The second-order valence-corrected chi connectivity index (χ2v) is 3.19. The molecule has 0 N–H and O–H groups in total. The van der Waals surface area contributed by atoms with E-state index in [1.54, 1.807) is 5.57 Å². The Balaban J connectivity index is 2.21. The summed E-state index contributed by atoms with van der Waals surface area (Å²) in [6, 6.07) is 0. The van der Waals surface area contributed by atoms with Crippen molar-refractivity contribution in [3.8, 4) is 0 Å². The molecule has 1 fully saturated rings. The molecule has 1 saturated heterocycles. The van der Waals surface area contributed by atoms with Crippen LogP contribution in [0, 0.1) is 5.92 Å². The molecule has 50 valence electrons. The zero-order valence-corrected chi connectivity index (χ0v) is 5.93. The first-order chi connectivity index (χ1) is 4.36. The van der Waals surface area contributed by atoms with Crippen LogP contribution in [-0.4, -0.2) is 24.5 Å². The Hall–Kier alpha value is -0.300. The number of hydrogen-bond donors (Lipinski definition) is 0. The van der Waals surface area contributed by atoms with E-state index in [4.69, 9.17) is 0 Å². The highest BCUT2D eigenvalue weighted by Crippen LogP contribution is 2.26. The minimum atomic E-state index is 0.916. The molecule has 0 aromatic rings. The first-order valence-electron chi connectivity index (χ1n) is 3.75. The Morgan fingerprint density at radius 3 is 3.33 bits per heavy atom. The molecule has 9 heavy (non-hydrogen) atoms. The van der Waals surface area contributed by atoms with Crippen LogP contribution in [0.3, 0.4) is 0 Å². The number of hydrogen-bond acceptors (Lipinski definition) is 1. The Morgan fingerprint density at radius 1 is 1.67 bits per heavy atom. The highest BCUT2D eigenvalue weighted by atomic mass is 15.1. The van der Waals surface area contributed by atoms with E-state index in [-0.39, 0.29) is 0 Å². The van der Waals surface area contributed by atoms with E-state index in [1.807, 2.05) is 0 Å². The smallest absolute Gasteiger partial charge is 0.0166 e. The van der Waals surface area contributed by atoms with Gasteiger partial charge in [0, 0.05) is 13.1 Å². The third-order valence-corrected chi connectivity index (χ3v) is 2.59. The van der Waals surface area contributed by atoms with E-state index < -0.39 is 0 Å². The summed E-state index contributed by atoms with van der Waals surface area (Å²) in [5.74, 6) is 0.916. The molecule has 0 spiro atoms. The molecule has 2 rings (SSSR count). The maximum absolute atomic E-state index is 2.53. The normalized spacial score (nSPS) is 40.8. The molecule has 0 amide bonds. The molecular weight excluding hydrogens is 110 g/mol. The van der Waals surface area contributed by atoms with Gasteiger partial charge in [0.05, 0.1) is 0 Å². The minimum Gasteiger partial charge on any atom is -0.299 e. The lowest BCUT2D eigenvalue weighted by Crippen LogP contribution is -2.24. The monoisotopic (exact) mass is 123 g/mol. The Kier molecular flexibility index (Phi) is 1.12. The van der Waals surface area contributed by atoms with Crippen LogP contribution in [0.4, 0.5) is 0 Å². The summed E-state index contributed by atoms with van der Waals surface area (Å²) in [5.41, 5.74) is 1.63. The number of nitrogens with zero attached hydrogens (tertiary/aromatic N) is 1. The molecule has 2 atom stereocenters. The average Bonchev–Trinajstić information content (AvgIpc) is 2.25. The fourth-order valence-corrected chi connectivity index (χ4v) is 1.81. The van der Waals surface area contributed by atoms with Gasteiger partial charge in [0.2, 0.25) is 0 Å². The lowest BCUT2D eigenvalue weighted by atomic mass is 9.98. The van der Waals surface area contributed by atoms with Gasteiger partial charge in [-0.1, -0.05) is 11.6 Å². The third kappa shape index (κ3) is 0.799. The van der Waals surface area contributed by atoms with Gasteiger partial charge in [-0.3, -0.25) is 4.90 Å². The number of rotatable bonds is 0. The maximum Gasteiger partial charge on any atom is 0.0166 e. The summed E-state index contributed by atoms with van der Waals surface area (Å²) in [6.07, 6.45) is 3.78. The van der Waals surface area contributed by atoms with Crippen molar-refractivity contribution in [1.82, 2.24) is 4.90 Å². The molecule has 0 aromatic carbocycles. The van der Waals surface area contributed by atoms with Gasteiger partial charge in [0.1, 0.15) is 0 Å². The summed E-state index contributed by atoms with van der Waals surface area (Å²) in [4.78, 5) is 2.53. The highest BCUT2D eigenvalue weighted by molar-refractivity contribution is 5.12. The Bertz CT molecular complexity index is 149. The van der Waals surface area contributed by atoms with Crippen LogP contribution in [0.5, 0.6) is 0 Å². The molecule has 1 heteroatoms. The molecule has 2 unspecified atom stereocenters. The standard InChI is InChI=1S/C8H13N/c1-7-2-4-9-5-3-8(7)6-9/h2,8H,3-6H2,1H3. The topological polar surface area (TPSA) is 3.24 Å². The molecule has 0 aliphatic carbocycles. The second kappa shape index (κ2) is 1.84. The van der Waals surface area contributed by atoms with Gasteiger partial charge in [-0.25, -0.2) is 0 Å². The van der Waals surface area contributed by atoms with Crippen LogP contribution in [0.1, 0.15) is 13.3 Å². The van der Waals surface area contributed by atoms with E-state index in [9.17, 15) is 0 Å². The fourth-order valence-electron chi connectivity index (χ4n) is 1.81. The van der Waals surface area contributed by atoms with Gasteiger partial charge < -0.3 is 0 Å². The lowest BCUT2D eigenvalue weighted by molar-refractivity contribution is 0.353. The van der Waals surface area contributed by atoms with E-state index >= 15 is 0 Å². The van der Waals surface area contributed by atoms with Crippen molar-refractivity contribution in [1.29, 1.82) is 0 Å². The van der Waals surface area contributed by atoms with Crippen LogP contribution in [0.2, 0.25) is 0 Å². The van der Waals surface area contributed by atoms with Crippen LogP contribution in [0.25, 0.3) is 0 Å². The molecule has 2 bridgehead atoms. The molecule has 0 radical (unpaired) electrons. The van der Waals surface area contributed by atoms with Crippen molar-refractivity contribution in [2.75, 3.05) is 19.6 Å². The van der Waals surface area contributed by atoms with Crippen molar-refractivity contribution in [2.45, 2.75) is 13.3 Å². The molecule has 1 nitrogen and oxygen atoms in total. The summed E-state index contributed by atoms with van der Waals surface area (Å²) in [7, 11) is 0. The van der Waals surface area contributed by atoms with Gasteiger partial charge in [-0.2, -0.15) is 0 Å². The molecule has 0 aromatic heterocycles. The number of fused-ring (bicyclic) bond motifs is 2. The van der Waals surface area contributed by atoms with E-state index in [1.165, 1.54) is 26.1 Å². The van der Waals surface area contributed by atoms with Crippen LogP contribution >= 0.6 is 0 Å². The quantitative estimate of drug-likeness (QED) is 0.438. The summed E-state index contributed by atoms with van der Waals surface area (Å²) < 4.78 is 0. The van der Waals surface area contributed by atoms with Crippen LogP contribution in [0.15, 0.2) is 11.6 Å². The van der Waals surface area contributed by atoms with Crippen LogP contribution in [-0.2, 0) is 0 Å². The summed E-state index contributed by atoms with van der Waals surface area (Å²) in [6.45, 7) is 6.15. The van der Waals surface area contributed by atoms with Crippen molar-refractivity contribution >= 4 is 0 Å². The van der Waals surface area contributed by atoms with Gasteiger partial charge in [-0.15, -0.1) is 0 Å². The van der Waals surface area contributed by atoms with Crippen molar-refractivity contribution in [3.63, 3.8) is 0 Å². The third-order valence-electron chi connectivity index (χ3n) is 2.59. The lowest BCUT2D eigenvalue weighted by Gasteiger charge is -2.19. The summed E-state index contributed by atoms with van der Waals surface area (Å²) in [5, 5.41) is 0. The molecule has 2 heterocycles. The predicted molar refractivity (Wildman–Crippen MR) is 38.3 cm³/mol. The Labute approximate surface area is 56.4 Å². The first kappa shape index (κ1) is 5.48. The van der Waals surface area contributed by atoms with Crippen molar-refractivity contribution in [2.24, 2.45) is 5.92 Å². The van der Waals surface area contributed by atoms with Gasteiger partial charge in [-0.05, 0) is 25.8 Å². The van der Waals surface area contributed by atoms with Gasteiger partial charge in [0.15, 0.2) is 0 Å². The fraction of sp³-hybridized carbons (Fsp3) is 0.750. The first-order valence-corrected chi connectivity index (χ1v) is 3.75. The molecule has 0 saturated carbocycles.